The summed E-state index contributed by atoms with van der Waals surface area (Å²) in [5.74, 6) is 0.180. The minimum Gasteiger partial charge on any atom is -0.307 e. The van der Waals surface area contributed by atoms with E-state index in [9.17, 15) is 13.2 Å². The van der Waals surface area contributed by atoms with E-state index in [0.717, 1.165) is 5.56 Å². The first-order valence-corrected chi connectivity index (χ1v) is 11.4. The van der Waals surface area contributed by atoms with Crippen LogP contribution in [-0.2, 0) is 22.1 Å². The Hall–Kier alpha value is -3.71. The maximum atomic E-state index is 12.7. The molecule has 0 saturated heterocycles. The van der Waals surface area contributed by atoms with Crippen molar-refractivity contribution in [1.29, 1.82) is 0 Å². The molecule has 1 amide bonds. The van der Waals surface area contributed by atoms with Crippen molar-refractivity contribution in [2.45, 2.75) is 17.2 Å². The van der Waals surface area contributed by atoms with Gasteiger partial charge >= 0.3 is 0 Å². The molecular weight excluding hydrogens is 410 g/mol. The lowest BCUT2D eigenvalue weighted by molar-refractivity contribution is 0.102. The fraction of sp³-hybridized carbons (Fsp3) is 0.0833. The highest BCUT2D eigenvalue weighted by atomic mass is 32.2. The molecule has 0 saturated carbocycles. The molecule has 0 spiro atoms. The highest BCUT2D eigenvalue weighted by Crippen LogP contribution is 2.17. The first-order valence-electron chi connectivity index (χ1n) is 9.75. The van der Waals surface area contributed by atoms with Crippen LogP contribution in [0.15, 0.2) is 102 Å². The second-order valence-electron chi connectivity index (χ2n) is 7.08. The van der Waals surface area contributed by atoms with Crippen molar-refractivity contribution in [3.63, 3.8) is 0 Å². The quantitative estimate of drug-likeness (QED) is 0.476. The van der Waals surface area contributed by atoms with E-state index in [-0.39, 0.29) is 16.6 Å². The number of hydrogen-bond donors (Lipinski definition) is 1. The summed E-state index contributed by atoms with van der Waals surface area (Å²) in [7, 11) is -3.43. The average Bonchev–Trinajstić information content (AvgIpc) is 3.21. The van der Waals surface area contributed by atoms with Crippen LogP contribution in [-0.4, -0.2) is 24.1 Å². The second-order valence-corrected chi connectivity index (χ2v) is 9.07. The van der Waals surface area contributed by atoms with E-state index in [1.165, 1.54) is 0 Å². The Morgan fingerprint density at radius 3 is 2.13 bits per heavy atom. The van der Waals surface area contributed by atoms with Crippen LogP contribution in [0.5, 0.6) is 0 Å². The number of amides is 1. The number of sulfone groups is 1. The number of nitrogens with one attached hydrogen (secondary N) is 1. The minimum atomic E-state index is -3.43. The molecule has 0 aliphatic carbocycles. The maximum Gasteiger partial charge on any atom is 0.256 e. The first-order chi connectivity index (χ1) is 15.0. The zero-order valence-corrected chi connectivity index (χ0v) is 17.5. The molecule has 0 radical (unpaired) electrons. The van der Waals surface area contributed by atoms with E-state index >= 15 is 0 Å². The van der Waals surface area contributed by atoms with Crippen LogP contribution in [0, 0.1) is 0 Å². The number of aromatic nitrogens is 2. The van der Waals surface area contributed by atoms with Gasteiger partial charge in [0.15, 0.2) is 9.84 Å². The summed E-state index contributed by atoms with van der Waals surface area (Å²) in [5, 5.41) is 7.14. The molecule has 0 unspecified atom stereocenters. The van der Waals surface area contributed by atoms with Crippen molar-refractivity contribution in [2.75, 3.05) is 5.32 Å². The average molecular weight is 432 g/mol. The van der Waals surface area contributed by atoms with E-state index < -0.39 is 9.84 Å². The molecule has 7 heteroatoms. The Morgan fingerprint density at radius 1 is 0.806 bits per heavy atom. The van der Waals surface area contributed by atoms with Crippen LogP contribution in [0.2, 0.25) is 0 Å². The number of hydrogen-bond acceptors (Lipinski definition) is 4. The molecule has 4 aromatic rings. The number of rotatable bonds is 7. The molecule has 4 rings (SSSR count). The van der Waals surface area contributed by atoms with Crippen molar-refractivity contribution in [3.8, 4) is 0 Å². The standard InChI is InChI=1S/C24H21N3O3S/c28-24(26-23-15-16-25-27(23)17-19-7-3-1-4-8-19)21-13-11-20(12-14-21)18-31(29,30)22-9-5-2-6-10-22/h1-16H,17-18H2,(H,26,28). The number of nitrogens with zero attached hydrogens (tertiary/aromatic N) is 2. The number of carbonyl (C=O) groups excluding carboxylic acids is 1. The molecule has 1 aromatic heterocycles. The van der Waals surface area contributed by atoms with Crippen molar-refractivity contribution in [2.24, 2.45) is 0 Å². The fourth-order valence-corrected chi connectivity index (χ4v) is 4.56. The van der Waals surface area contributed by atoms with Crippen molar-refractivity contribution in [3.05, 3.63) is 114 Å². The van der Waals surface area contributed by atoms with E-state index in [1.54, 1.807) is 71.5 Å². The normalized spacial score (nSPS) is 11.2. The van der Waals surface area contributed by atoms with Crippen LogP contribution in [0.3, 0.4) is 0 Å². The molecular formula is C24H21N3O3S. The third-order valence-electron chi connectivity index (χ3n) is 4.81. The van der Waals surface area contributed by atoms with Gasteiger partial charge in [0.1, 0.15) is 5.82 Å². The SMILES string of the molecule is O=C(Nc1ccnn1Cc1ccccc1)c1ccc(CS(=O)(=O)c2ccccc2)cc1. The molecule has 0 fully saturated rings. The summed E-state index contributed by atoms with van der Waals surface area (Å²) in [4.78, 5) is 12.9. The number of carbonyl (C=O) groups is 1. The van der Waals surface area contributed by atoms with Crippen LogP contribution in [0.25, 0.3) is 0 Å². The Kier molecular flexibility index (Phi) is 5.95. The Bertz CT molecular complexity index is 1270. The summed E-state index contributed by atoms with van der Waals surface area (Å²) in [6.45, 7) is 0.541. The van der Waals surface area contributed by atoms with Crippen LogP contribution in [0.4, 0.5) is 5.82 Å². The summed E-state index contributed by atoms with van der Waals surface area (Å²) in [6.07, 6.45) is 1.64. The number of benzene rings is 3. The zero-order chi connectivity index (χ0) is 21.7. The monoisotopic (exact) mass is 431 g/mol. The number of anilines is 1. The predicted molar refractivity (Wildman–Crippen MR) is 119 cm³/mol. The van der Waals surface area contributed by atoms with Crippen molar-refractivity contribution >= 4 is 21.6 Å². The van der Waals surface area contributed by atoms with E-state index in [4.69, 9.17) is 0 Å². The lowest BCUT2D eigenvalue weighted by Gasteiger charge is -2.10. The first kappa shape index (κ1) is 20.6. The van der Waals surface area contributed by atoms with Gasteiger partial charge in [0, 0.05) is 11.6 Å². The van der Waals surface area contributed by atoms with E-state index in [2.05, 4.69) is 10.4 Å². The lowest BCUT2D eigenvalue weighted by atomic mass is 10.1. The van der Waals surface area contributed by atoms with Gasteiger partial charge in [-0.15, -0.1) is 0 Å². The highest BCUT2D eigenvalue weighted by molar-refractivity contribution is 7.90. The molecule has 0 atom stereocenters. The minimum absolute atomic E-state index is 0.122. The van der Waals surface area contributed by atoms with Gasteiger partial charge < -0.3 is 5.32 Å². The zero-order valence-electron chi connectivity index (χ0n) is 16.7. The van der Waals surface area contributed by atoms with Gasteiger partial charge in [-0.2, -0.15) is 5.10 Å². The topological polar surface area (TPSA) is 81.1 Å². The largest absolute Gasteiger partial charge is 0.307 e. The summed E-state index contributed by atoms with van der Waals surface area (Å²) in [6, 6.07) is 26.5. The molecule has 0 aliphatic heterocycles. The molecule has 0 bridgehead atoms. The summed E-state index contributed by atoms with van der Waals surface area (Å²) >= 11 is 0. The molecule has 1 heterocycles. The molecule has 6 nitrogen and oxygen atoms in total. The van der Waals surface area contributed by atoms with Crippen LogP contribution in [0.1, 0.15) is 21.5 Å². The van der Waals surface area contributed by atoms with Gasteiger partial charge in [-0.05, 0) is 35.4 Å². The Labute approximate surface area is 181 Å². The van der Waals surface area contributed by atoms with E-state index in [1.807, 2.05) is 30.3 Å². The molecule has 3 aromatic carbocycles. The molecule has 1 N–H and O–H groups in total. The molecule has 31 heavy (non-hydrogen) atoms. The highest BCUT2D eigenvalue weighted by Gasteiger charge is 2.16. The summed E-state index contributed by atoms with van der Waals surface area (Å²) < 4.78 is 26.8. The lowest BCUT2D eigenvalue weighted by Crippen LogP contribution is -2.16. The van der Waals surface area contributed by atoms with Gasteiger partial charge in [-0.1, -0.05) is 60.7 Å². The van der Waals surface area contributed by atoms with Gasteiger partial charge in [0.25, 0.3) is 5.91 Å². The molecule has 156 valence electrons. The van der Waals surface area contributed by atoms with Crippen LogP contribution < -0.4 is 5.32 Å². The predicted octanol–water partition coefficient (Wildman–Crippen LogP) is 4.16. The Balaban J connectivity index is 1.43. The van der Waals surface area contributed by atoms with Gasteiger partial charge in [0.2, 0.25) is 0 Å². The van der Waals surface area contributed by atoms with Crippen LogP contribution >= 0.6 is 0 Å². The smallest absolute Gasteiger partial charge is 0.256 e. The third kappa shape index (κ3) is 5.07. The van der Waals surface area contributed by atoms with E-state index in [0.29, 0.717) is 23.5 Å². The van der Waals surface area contributed by atoms with Crippen molar-refractivity contribution in [1.82, 2.24) is 9.78 Å². The van der Waals surface area contributed by atoms with Crippen molar-refractivity contribution < 1.29 is 13.2 Å². The van der Waals surface area contributed by atoms with Gasteiger partial charge in [-0.3, -0.25) is 4.79 Å². The van der Waals surface area contributed by atoms with Gasteiger partial charge in [0.05, 0.1) is 23.4 Å². The van der Waals surface area contributed by atoms with Gasteiger partial charge in [-0.25, -0.2) is 13.1 Å². The maximum absolute atomic E-state index is 12.7. The third-order valence-corrected chi connectivity index (χ3v) is 6.51. The summed E-state index contributed by atoms with van der Waals surface area (Å²) in [5.41, 5.74) is 2.13. The second kappa shape index (κ2) is 8.97. The Morgan fingerprint density at radius 2 is 1.45 bits per heavy atom. The fourth-order valence-electron chi connectivity index (χ4n) is 3.19. The molecule has 0 aliphatic rings.